The Labute approximate surface area is 189 Å². The van der Waals surface area contributed by atoms with Crippen molar-refractivity contribution in [3.8, 4) is 0 Å². The predicted octanol–water partition coefficient (Wildman–Crippen LogP) is 6.09. The highest BCUT2D eigenvalue weighted by atomic mass is 35.5. The van der Waals surface area contributed by atoms with Gasteiger partial charge in [-0.1, -0.05) is 29.8 Å². The summed E-state index contributed by atoms with van der Waals surface area (Å²) in [5, 5.41) is 6.37. The molecule has 4 rings (SSSR count). The Morgan fingerprint density at radius 1 is 1.10 bits per heavy atom. The molecule has 0 saturated heterocycles. The van der Waals surface area contributed by atoms with Crippen molar-refractivity contribution in [3.63, 3.8) is 0 Å². The summed E-state index contributed by atoms with van der Waals surface area (Å²) in [6, 6.07) is 16.6. The summed E-state index contributed by atoms with van der Waals surface area (Å²) in [6.45, 7) is 4.60. The number of aryl methyl sites for hydroxylation is 2. The summed E-state index contributed by atoms with van der Waals surface area (Å²) in [6.07, 6.45) is 0. The second-order valence-electron chi connectivity index (χ2n) is 7.54. The lowest BCUT2D eigenvalue weighted by atomic mass is 10.0. The van der Waals surface area contributed by atoms with Crippen LogP contribution in [0.5, 0.6) is 0 Å². The van der Waals surface area contributed by atoms with Crippen molar-refractivity contribution in [1.29, 1.82) is 0 Å². The van der Waals surface area contributed by atoms with E-state index in [0.717, 1.165) is 26.9 Å². The van der Waals surface area contributed by atoms with Crippen LogP contribution in [-0.4, -0.2) is 15.9 Å². The number of halogens is 1. The van der Waals surface area contributed by atoms with Crippen molar-refractivity contribution < 1.29 is 4.79 Å². The maximum absolute atomic E-state index is 13.1. The molecule has 2 heterocycles. The van der Waals surface area contributed by atoms with Gasteiger partial charge in [-0.15, -0.1) is 11.3 Å². The Morgan fingerprint density at radius 3 is 2.68 bits per heavy atom. The molecular formula is C24H22ClN3O2S. The molecule has 0 atom stereocenters. The highest BCUT2D eigenvalue weighted by Crippen LogP contribution is 2.21. The van der Waals surface area contributed by atoms with Gasteiger partial charge in [0.2, 0.25) is 0 Å². The summed E-state index contributed by atoms with van der Waals surface area (Å²) >= 11 is 7.62. The minimum Gasteiger partial charge on any atom is -0.322 e. The summed E-state index contributed by atoms with van der Waals surface area (Å²) in [7, 11) is 0. The summed E-state index contributed by atoms with van der Waals surface area (Å²) in [5.41, 5.74) is 3.93. The third kappa shape index (κ3) is 4.98. The normalized spacial score (nSPS) is 10.9. The first-order valence-electron chi connectivity index (χ1n) is 9.86. The van der Waals surface area contributed by atoms with Gasteiger partial charge in [0.1, 0.15) is 0 Å². The molecule has 158 valence electrons. The summed E-state index contributed by atoms with van der Waals surface area (Å²) in [5.74, 6) is 0. The molecule has 2 aromatic heterocycles. The number of H-pyrrole nitrogens is 1. The molecule has 7 heteroatoms. The lowest BCUT2D eigenvalue weighted by Crippen LogP contribution is -2.35. The number of carbonyl (C=O) groups excluding carboxylic acids is 1. The third-order valence-corrected chi connectivity index (χ3v) is 6.14. The fourth-order valence-corrected chi connectivity index (χ4v) is 4.51. The second kappa shape index (κ2) is 8.96. The van der Waals surface area contributed by atoms with Crippen LogP contribution < -0.4 is 10.9 Å². The molecule has 5 nitrogen and oxygen atoms in total. The van der Waals surface area contributed by atoms with Gasteiger partial charge in [-0.05, 0) is 66.8 Å². The number of nitrogens with zero attached hydrogens (tertiary/aromatic N) is 1. The number of rotatable bonds is 5. The number of anilines is 1. The molecule has 0 saturated carbocycles. The smallest absolute Gasteiger partial charge is 0.322 e. The van der Waals surface area contributed by atoms with E-state index in [1.165, 1.54) is 0 Å². The number of urea groups is 1. The van der Waals surface area contributed by atoms with E-state index in [1.54, 1.807) is 40.5 Å². The lowest BCUT2D eigenvalue weighted by molar-refractivity contribution is 0.207. The van der Waals surface area contributed by atoms with Crippen molar-refractivity contribution in [1.82, 2.24) is 9.88 Å². The quantitative estimate of drug-likeness (QED) is 0.385. The van der Waals surface area contributed by atoms with Crippen molar-refractivity contribution in [2.75, 3.05) is 5.32 Å². The van der Waals surface area contributed by atoms with Gasteiger partial charge in [0.15, 0.2) is 0 Å². The first-order valence-corrected chi connectivity index (χ1v) is 11.1. The average Bonchev–Trinajstić information content (AvgIpc) is 3.21. The van der Waals surface area contributed by atoms with Gasteiger partial charge >= 0.3 is 6.03 Å². The van der Waals surface area contributed by atoms with E-state index in [0.29, 0.717) is 22.8 Å². The topological polar surface area (TPSA) is 65.2 Å². The predicted molar refractivity (Wildman–Crippen MR) is 128 cm³/mol. The largest absolute Gasteiger partial charge is 0.322 e. The SMILES string of the molecule is Cc1cc(C)c2cc(CN(Cc3cccs3)C(=O)Nc3cccc(Cl)c3)c(=O)[nH]c2c1. The van der Waals surface area contributed by atoms with E-state index in [4.69, 9.17) is 11.6 Å². The van der Waals surface area contributed by atoms with E-state index in [2.05, 4.69) is 16.4 Å². The lowest BCUT2D eigenvalue weighted by Gasteiger charge is -2.23. The Hall–Kier alpha value is -3.09. The van der Waals surface area contributed by atoms with E-state index in [1.807, 2.05) is 43.5 Å². The van der Waals surface area contributed by atoms with Gasteiger partial charge in [0.25, 0.3) is 5.56 Å². The number of aromatic amines is 1. The maximum atomic E-state index is 13.1. The number of benzene rings is 2. The molecule has 0 aliphatic carbocycles. The molecule has 4 aromatic rings. The zero-order valence-electron chi connectivity index (χ0n) is 17.2. The average molecular weight is 452 g/mol. The van der Waals surface area contributed by atoms with Crippen LogP contribution in [0.2, 0.25) is 5.02 Å². The number of aromatic nitrogens is 1. The molecular weight excluding hydrogens is 430 g/mol. The monoisotopic (exact) mass is 451 g/mol. The molecule has 0 aliphatic heterocycles. The van der Waals surface area contributed by atoms with Crippen LogP contribution in [-0.2, 0) is 13.1 Å². The van der Waals surface area contributed by atoms with E-state index >= 15 is 0 Å². The Bertz CT molecular complexity index is 1300. The zero-order chi connectivity index (χ0) is 22.0. The molecule has 0 fully saturated rings. The highest BCUT2D eigenvalue weighted by molar-refractivity contribution is 7.09. The zero-order valence-corrected chi connectivity index (χ0v) is 18.8. The van der Waals surface area contributed by atoms with Crippen LogP contribution in [0.1, 0.15) is 21.6 Å². The highest BCUT2D eigenvalue weighted by Gasteiger charge is 2.18. The number of amides is 2. The fourth-order valence-electron chi connectivity index (χ4n) is 3.60. The second-order valence-corrected chi connectivity index (χ2v) is 9.01. The van der Waals surface area contributed by atoms with Crippen LogP contribution >= 0.6 is 22.9 Å². The molecule has 2 amide bonds. The Kier molecular flexibility index (Phi) is 6.11. The standard InChI is InChI=1S/C24H22ClN3O2S/c1-15-9-16(2)21-11-17(23(29)27-22(21)10-15)13-28(14-20-7-4-8-31-20)24(30)26-19-6-3-5-18(25)12-19/h3-12H,13-14H2,1-2H3,(H,26,30)(H,27,29). The van der Waals surface area contributed by atoms with Crippen LogP contribution in [0.25, 0.3) is 10.9 Å². The van der Waals surface area contributed by atoms with Crippen molar-refractivity contribution >= 4 is 45.6 Å². The Morgan fingerprint density at radius 2 is 1.94 bits per heavy atom. The first kappa shape index (κ1) is 21.2. The number of thiophene rings is 1. The van der Waals surface area contributed by atoms with Gasteiger partial charge < -0.3 is 15.2 Å². The summed E-state index contributed by atoms with van der Waals surface area (Å²) < 4.78 is 0. The number of carbonyl (C=O) groups is 1. The number of hydrogen-bond acceptors (Lipinski definition) is 3. The van der Waals surface area contributed by atoms with Crippen LogP contribution in [0.4, 0.5) is 10.5 Å². The van der Waals surface area contributed by atoms with E-state index < -0.39 is 0 Å². The molecule has 0 spiro atoms. The van der Waals surface area contributed by atoms with Gasteiger partial charge in [0.05, 0.1) is 13.1 Å². The fraction of sp³-hybridized carbons (Fsp3) is 0.167. The van der Waals surface area contributed by atoms with Crippen molar-refractivity contribution in [2.45, 2.75) is 26.9 Å². The number of nitrogens with one attached hydrogen (secondary N) is 2. The molecule has 0 aliphatic rings. The molecule has 2 aromatic carbocycles. The third-order valence-electron chi connectivity index (χ3n) is 5.04. The van der Waals surface area contributed by atoms with Gasteiger partial charge in [-0.25, -0.2) is 4.79 Å². The number of pyridine rings is 1. The van der Waals surface area contributed by atoms with Crippen LogP contribution in [0, 0.1) is 13.8 Å². The first-order chi connectivity index (χ1) is 14.9. The van der Waals surface area contributed by atoms with Crippen LogP contribution in [0.3, 0.4) is 0 Å². The molecule has 0 unspecified atom stereocenters. The van der Waals surface area contributed by atoms with Gasteiger partial charge in [-0.3, -0.25) is 4.79 Å². The van der Waals surface area contributed by atoms with Gasteiger partial charge in [0, 0.05) is 32.1 Å². The Balaban J connectivity index is 1.66. The van der Waals surface area contributed by atoms with E-state index in [9.17, 15) is 9.59 Å². The minimum absolute atomic E-state index is 0.183. The summed E-state index contributed by atoms with van der Waals surface area (Å²) in [4.78, 5) is 31.5. The van der Waals surface area contributed by atoms with Crippen molar-refractivity contribution in [2.24, 2.45) is 0 Å². The maximum Gasteiger partial charge on any atom is 0.322 e. The molecule has 0 radical (unpaired) electrons. The molecule has 0 bridgehead atoms. The van der Waals surface area contributed by atoms with Crippen LogP contribution in [0.15, 0.2) is 64.8 Å². The number of fused-ring (bicyclic) bond motifs is 1. The van der Waals surface area contributed by atoms with Gasteiger partial charge in [-0.2, -0.15) is 0 Å². The van der Waals surface area contributed by atoms with E-state index in [-0.39, 0.29) is 18.1 Å². The van der Waals surface area contributed by atoms with Crippen molar-refractivity contribution in [3.05, 3.63) is 96.9 Å². The number of hydrogen-bond donors (Lipinski definition) is 2. The minimum atomic E-state index is -0.296. The molecule has 2 N–H and O–H groups in total. The molecule has 31 heavy (non-hydrogen) atoms.